The molecule has 2 saturated heterocycles. The maximum atomic E-state index is 6.09. The van der Waals surface area contributed by atoms with Gasteiger partial charge in [-0.15, -0.1) is 0 Å². The second-order valence-electron chi connectivity index (χ2n) is 6.56. The number of rotatable bonds is 4. The monoisotopic (exact) mass is 329 g/mol. The van der Waals surface area contributed by atoms with Crippen molar-refractivity contribution in [1.82, 2.24) is 25.5 Å². The summed E-state index contributed by atoms with van der Waals surface area (Å²) in [4.78, 5) is 8.58. The van der Waals surface area contributed by atoms with Crippen molar-refractivity contribution >= 4 is 0 Å². The van der Waals surface area contributed by atoms with Crippen molar-refractivity contribution < 1.29 is 9.47 Å². The first-order chi connectivity index (χ1) is 11.8. The summed E-state index contributed by atoms with van der Waals surface area (Å²) in [6, 6.07) is 4.27. The highest BCUT2D eigenvalue weighted by Crippen LogP contribution is 2.34. The van der Waals surface area contributed by atoms with Gasteiger partial charge in [-0.1, -0.05) is 0 Å². The standard InChI is InChI=1S/C17H23N5O2/c1-6-18-7-2-13(1)16-20-15(21-22-16)12-19-14-3-8-24-17(11-14)4-9-23-10-5-17/h1-2,6-7,14,19H,3-5,8-12H2,(H,20,21,22). The van der Waals surface area contributed by atoms with Crippen molar-refractivity contribution in [3.63, 3.8) is 0 Å². The van der Waals surface area contributed by atoms with Crippen LogP contribution in [0.15, 0.2) is 24.5 Å². The highest BCUT2D eigenvalue weighted by atomic mass is 16.5. The summed E-state index contributed by atoms with van der Waals surface area (Å²) >= 11 is 0. The molecule has 2 aliphatic heterocycles. The Morgan fingerprint density at radius 1 is 1.21 bits per heavy atom. The summed E-state index contributed by atoms with van der Waals surface area (Å²) in [7, 11) is 0. The number of nitrogens with zero attached hydrogens (tertiary/aromatic N) is 3. The molecule has 0 aliphatic carbocycles. The van der Waals surface area contributed by atoms with E-state index in [1.54, 1.807) is 12.4 Å². The molecule has 7 heteroatoms. The smallest absolute Gasteiger partial charge is 0.181 e. The van der Waals surface area contributed by atoms with Crippen molar-refractivity contribution in [2.24, 2.45) is 0 Å². The van der Waals surface area contributed by atoms with E-state index in [2.05, 4.69) is 25.5 Å². The van der Waals surface area contributed by atoms with E-state index >= 15 is 0 Å². The Morgan fingerprint density at radius 3 is 2.88 bits per heavy atom. The molecular formula is C17H23N5O2. The summed E-state index contributed by atoms with van der Waals surface area (Å²) in [5, 5.41) is 10.9. The van der Waals surface area contributed by atoms with Gasteiger partial charge in [0.25, 0.3) is 0 Å². The lowest BCUT2D eigenvalue weighted by Gasteiger charge is -2.43. The number of hydrogen-bond donors (Lipinski definition) is 2. The van der Waals surface area contributed by atoms with Gasteiger partial charge < -0.3 is 14.8 Å². The van der Waals surface area contributed by atoms with Crippen LogP contribution in [0.3, 0.4) is 0 Å². The molecule has 4 rings (SSSR count). The first-order valence-electron chi connectivity index (χ1n) is 8.60. The molecule has 128 valence electrons. The van der Waals surface area contributed by atoms with Gasteiger partial charge in [0, 0.05) is 43.8 Å². The quantitative estimate of drug-likeness (QED) is 0.888. The predicted octanol–water partition coefficient (Wildman–Crippen LogP) is 1.68. The lowest BCUT2D eigenvalue weighted by Crippen LogP contribution is -2.49. The van der Waals surface area contributed by atoms with Gasteiger partial charge in [-0.25, -0.2) is 4.98 Å². The molecular weight excluding hydrogens is 306 g/mol. The molecule has 2 aliphatic rings. The molecule has 2 fully saturated rings. The van der Waals surface area contributed by atoms with E-state index in [4.69, 9.17) is 9.47 Å². The molecule has 0 radical (unpaired) electrons. The first-order valence-corrected chi connectivity index (χ1v) is 8.60. The molecule has 1 spiro atoms. The maximum absolute atomic E-state index is 6.09. The third-order valence-corrected chi connectivity index (χ3v) is 4.93. The zero-order valence-electron chi connectivity index (χ0n) is 13.7. The second kappa shape index (κ2) is 6.96. The summed E-state index contributed by atoms with van der Waals surface area (Å²) in [5.41, 5.74) is 0.984. The minimum absolute atomic E-state index is 0.0117. The number of aromatic nitrogens is 4. The van der Waals surface area contributed by atoms with E-state index in [0.717, 1.165) is 56.9 Å². The predicted molar refractivity (Wildman–Crippen MR) is 88.2 cm³/mol. The lowest BCUT2D eigenvalue weighted by molar-refractivity contribution is -0.140. The van der Waals surface area contributed by atoms with Gasteiger partial charge in [0.05, 0.1) is 12.1 Å². The number of aromatic amines is 1. The normalized spacial score (nSPS) is 23.4. The molecule has 4 heterocycles. The van der Waals surface area contributed by atoms with E-state index < -0.39 is 0 Å². The van der Waals surface area contributed by atoms with Gasteiger partial charge in [-0.3, -0.25) is 10.1 Å². The molecule has 0 bridgehead atoms. The van der Waals surface area contributed by atoms with Gasteiger partial charge in [0.2, 0.25) is 0 Å². The van der Waals surface area contributed by atoms with Gasteiger partial charge in [-0.2, -0.15) is 5.10 Å². The van der Waals surface area contributed by atoms with E-state index in [9.17, 15) is 0 Å². The van der Waals surface area contributed by atoms with Crippen LogP contribution < -0.4 is 5.32 Å². The summed E-state index contributed by atoms with van der Waals surface area (Å²) in [5.74, 6) is 1.57. The van der Waals surface area contributed by atoms with Crippen LogP contribution in [0.5, 0.6) is 0 Å². The Morgan fingerprint density at radius 2 is 2.04 bits per heavy atom. The number of pyridine rings is 1. The molecule has 24 heavy (non-hydrogen) atoms. The summed E-state index contributed by atoms with van der Waals surface area (Å²) in [6.45, 7) is 3.12. The minimum atomic E-state index is 0.0117. The average Bonchev–Trinajstić information content (AvgIpc) is 3.11. The summed E-state index contributed by atoms with van der Waals surface area (Å²) in [6.07, 6.45) is 7.58. The Labute approximate surface area is 141 Å². The number of H-pyrrole nitrogens is 1. The zero-order valence-corrected chi connectivity index (χ0v) is 13.7. The van der Waals surface area contributed by atoms with Crippen molar-refractivity contribution in [3.05, 3.63) is 30.4 Å². The van der Waals surface area contributed by atoms with Crippen LogP contribution >= 0.6 is 0 Å². The van der Waals surface area contributed by atoms with Crippen molar-refractivity contribution in [1.29, 1.82) is 0 Å². The SMILES string of the molecule is c1cc(-c2n[nH]c(CNC3CCOC4(CCOCC4)C3)n2)ccn1. The van der Waals surface area contributed by atoms with Gasteiger partial charge in [0.15, 0.2) is 5.82 Å². The fraction of sp³-hybridized carbons (Fsp3) is 0.588. The van der Waals surface area contributed by atoms with Gasteiger partial charge in [-0.05, 0) is 37.8 Å². The van der Waals surface area contributed by atoms with Crippen LogP contribution in [0.25, 0.3) is 11.4 Å². The second-order valence-corrected chi connectivity index (χ2v) is 6.56. The summed E-state index contributed by atoms with van der Waals surface area (Å²) < 4.78 is 11.6. The molecule has 0 amide bonds. The highest BCUT2D eigenvalue weighted by molar-refractivity contribution is 5.52. The van der Waals surface area contributed by atoms with E-state index in [1.807, 2.05) is 12.1 Å². The van der Waals surface area contributed by atoms with Crippen LogP contribution in [-0.2, 0) is 16.0 Å². The maximum Gasteiger partial charge on any atom is 0.181 e. The Hall–Kier alpha value is -1.83. The highest BCUT2D eigenvalue weighted by Gasteiger charge is 2.38. The largest absolute Gasteiger partial charge is 0.381 e. The number of ether oxygens (including phenoxy) is 2. The minimum Gasteiger partial charge on any atom is -0.381 e. The molecule has 2 aromatic heterocycles. The molecule has 2 N–H and O–H groups in total. The fourth-order valence-electron chi connectivity index (χ4n) is 3.54. The van der Waals surface area contributed by atoms with Gasteiger partial charge >= 0.3 is 0 Å². The third-order valence-electron chi connectivity index (χ3n) is 4.93. The third kappa shape index (κ3) is 3.48. The average molecular weight is 329 g/mol. The number of nitrogens with one attached hydrogen (secondary N) is 2. The van der Waals surface area contributed by atoms with Crippen LogP contribution in [0, 0.1) is 0 Å². The first kappa shape index (κ1) is 15.7. The van der Waals surface area contributed by atoms with E-state index in [0.29, 0.717) is 18.4 Å². The Bertz CT molecular complexity index is 649. The van der Waals surface area contributed by atoms with Crippen LogP contribution in [0.1, 0.15) is 31.5 Å². The Balaban J connectivity index is 1.34. The van der Waals surface area contributed by atoms with Gasteiger partial charge in [0.1, 0.15) is 5.82 Å². The molecule has 0 saturated carbocycles. The van der Waals surface area contributed by atoms with Crippen molar-refractivity contribution in [3.8, 4) is 11.4 Å². The topological polar surface area (TPSA) is 85.0 Å². The Kier molecular flexibility index (Phi) is 4.55. The van der Waals surface area contributed by atoms with Crippen LogP contribution in [0.2, 0.25) is 0 Å². The van der Waals surface area contributed by atoms with Crippen LogP contribution in [-0.4, -0.2) is 51.6 Å². The van der Waals surface area contributed by atoms with Crippen LogP contribution in [0.4, 0.5) is 0 Å². The van der Waals surface area contributed by atoms with E-state index in [-0.39, 0.29) is 5.60 Å². The van der Waals surface area contributed by atoms with E-state index in [1.165, 1.54) is 0 Å². The van der Waals surface area contributed by atoms with Crippen molar-refractivity contribution in [2.45, 2.75) is 43.9 Å². The zero-order chi connectivity index (χ0) is 16.2. The molecule has 2 aromatic rings. The molecule has 1 atom stereocenters. The van der Waals surface area contributed by atoms with Crippen molar-refractivity contribution in [2.75, 3.05) is 19.8 Å². The molecule has 1 unspecified atom stereocenters. The fourth-order valence-corrected chi connectivity index (χ4v) is 3.54. The molecule has 0 aromatic carbocycles. The number of hydrogen-bond acceptors (Lipinski definition) is 6. The lowest BCUT2D eigenvalue weighted by atomic mass is 9.84. The molecule has 7 nitrogen and oxygen atoms in total.